The minimum atomic E-state index is -4.62. The summed E-state index contributed by atoms with van der Waals surface area (Å²) in [7, 11) is 0. The van der Waals surface area contributed by atoms with E-state index in [1.54, 1.807) is 25.1 Å². The Bertz CT molecular complexity index is 834. The molecule has 0 radical (unpaired) electrons. The summed E-state index contributed by atoms with van der Waals surface area (Å²) in [5, 5.41) is 9.61. The van der Waals surface area contributed by atoms with Crippen LogP contribution in [0, 0.1) is 0 Å². The molecule has 0 unspecified atom stereocenters. The Labute approximate surface area is 149 Å². The number of hydrogen-bond donors (Lipinski definition) is 1. The van der Waals surface area contributed by atoms with Gasteiger partial charge in [0.1, 0.15) is 13.1 Å². The minimum absolute atomic E-state index is 0.135. The van der Waals surface area contributed by atoms with Crippen molar-refractivity contribution in [3.63, 3.8) is 0 Å². The lowest BCUT2D eigenvalue weighted by atomic mass is 10.1. The third kappa shape index (κ3) is 5.20. The number of carbonyl (C=O) groups is 1. The fraction of sp³-hybridized carbons (Fsp3) is 0.385. The van der Waals surface area contributed by atoms with Crippen LogP contribution in [0.3, 0.4) is 0 Å². The van der Waals surface area contributed by atoms with Gasteiger partial charge in [0.05, 0.1) is 16.1 Å². The average molecular weight is 398 g/mol. The normalized spacial score (nSPS) is 12.9. The monoisotopic (exact) mass is 397 g/mol. The molecule has 25 heavy (non-hydrogen) atoms. The van der Waals surface area contributed by atoms with E-state index in [1.807, 2.05) is 0 Å². The minimum Gasteiger partial charge on any atom is -0.348 e. The van der Waals surface area contributed by atoms with Gasteiger partial charge < -0.3 is 5.32 Å². The SMILES string of the molecule is C[C@H](NC(=O)Cn1nnn(CC(F)(F)F)c1=O)c1ccc(Cl)c(Cl)c1. The van der Waals surface area contributed by atoms with Crippen molar-refractivity contribution in [3.8, 4) is 0 Å². The number of carbonyl (C=O) groups excluding carboxylic acids is 1. The first-order chi connectivity index (χ1) is 11.6. The number of halogens is 5. The van der Waals surface area contributed by atoms with E-state index in [-0.39, 0.29) is 4.68 Å². The molecular formula is C13H12Cl2F3N5O2. The van der Waals surface area contributed by atoms with Crippen molar-refractivity contribution in [1.29, 1.82) is 0 Å². The number of rotatable bonds is 5. The van der Waals surface area contributed by atoms with Crippen LogP contribution < -0.4 is 11.0 Å². The second-order valence-electron chi connectivity index (χ2n) is 5.15. The molecule has 2 rings (SSSR count). The number of aromatic nitrogens is 4. The molecule has 0 aliphatic heterocycles. The lowest BCUT2D eigenvalue weighted by Gasteiger charge is -2.14. The van der Waals surface area contributed by atoms with Crippen molar-refractivity contribution in [2.45, 2.75) is 32.2 Å². The molecule has 7 nitrogen and oxygen atoms in total. The molecule has 12 heteroatoms. The van der Waals surface area contributed by atoms with Crippen LogP contribution in [-0.4, -0.2) is 31.9 Å². The average Bonchev–Trinajstić information content (AvgIpc) is 2.81. The van der Waals surface area contributed by atoms with E-state index in [1.165, 1.54) is 0 Å². The Hall–Kier alpha value is -2.07. The van der Waals surface area contributed by atoms with Crippen molar-refractivity contribution in [3.05, 3.63) is 44.3 Å². The van der Waals surface area contributed by atoms with E-state index in [0.29, 0.717) is 20.3 Å². The zero-order valence-electron chi connectivity index (χ0n) is 12.7. The van der Waals surface area contributed by atoms with E-state index in [4.69, 9.17) is 23.2 Å². The Morgan fingerprint density at radius 2 is 1.88 bits per heavy atom. The molecule has 136 valence electrons. The predicted molar refractivity (Wildman–Crippen MR) is 83.4 cm³/mol. The van der Waals surface area contributed by atoms with Crippen LogP contribution >= 0.6 is 23.2 Å². The van der Waals surface area contributed by atoms with Crippen molar-refractivity contribution in [2.24, 2.45) is 0 Å². The molecular weight excluding hydrogens is 386 g/mol. The second kappa shape index (κ2) is 7.44. The van der Waals surface area contributed by atoms with Crippen molar-refractivity contribution in [2.75, 3.05) is 0 Å². The van der Waals surface area contributed by atoms with Gasteiger partial charge in [-0.3, -0.25) is 4.79 Å². The van der Waals surface area contributed by atoms with Crippen LogP contribution in [0.2, 0.25) is 10.0 Å². The molecule has 1 aromatic heterocycles. The lowest BCUT2D eigenvalue weighted by Crippen LogP contribution is -2.36. The van der Waals surface area contributed by atoms with Gasteiger partial charge in [-0.2, -0.15) is 22.5 Å². The number of amides is 1. The van der Waals surface area contributed by atoms with Gasteiger partial charge in [-0.25, -0.2) is 4.79 Å². The molecule has 0 saturated heterocycles. The summed E-state index contributed by atoms with van der Waals surface area (Å²) in [4.78, 5) is 23.7. The van der Waals surface area contributed by atoms with E-state index < -0.39 is 36.9 Å². The van der Waals surface area contributed by atoms with Crippen molar-refractivity contribution < 1.29 is 18.0 Å². The largest absolute Gasteiger partial charge is 0.408 e. The Balaban J connectivity index is 2.03. The Kier molecular flexibility index (Phi) is 5.73. The zero-order chi connectivity index (χ0) is 18.8. The van der Waals surface area contributed by atoms with Crippen LogP contribution in [0.5, 0.6) is 0 Å². The van der Waals surface area contributed by atoms with Gasteiger partial charge in [0.25, 0.3) is 0 Å². The second-order valence-corrected chi connectivity index (χ2v) is 5.97. The number of benzene rings is 1. The molecule has 0 aliphatic carbocycles. The fourth-order valence-corrected chi connectivity index (χ4v) is 2.27. The summed E-state index contributed by atoms with van der Waals surface area (Å²) in [6.07, 6.45) is -4.62. The summed E-state index contributed by atoms with van der Waals surface area (Å²) in [6.45, 7) is -0.476. The molecule has 1 amide bonds. The van der Waals surface area contributed by atoms with Gasteiger partial charge in [-0.15, -0.1) is 0 Å². The first kappa shape index (κ1) is 19.3. The van der Waals surface area contributed by atoms with Crippen molar-refractivity contribution >= 4 is 29.1 Å². The van der Waals surface area contributed by atoms with Crippen LogP contribution in [0.1, 0.15) is 18.5 Å². The van der Waals surface area contributed by atoms with Gasteiger partial charge in [-0.1, -0.05) is 29.3 Å². The number of alkyl halides is 3. The molecule has 0 spiro atoms. The first-order valence-electron chi connectivity index (χ1n) is 6.88. The Morgan fingerprint density at radius 1 is 1.24 bits per heavy atom. The number of tetrazole rings is 1. The highest BCUT2D eigenvalue weighted by Gasteiger charge is 2.30. The number of nitrogens with zero attached hydrogens (tertiary/aromatic N) is 4. The van der Waals surface area contributed by atoms with Crippen LogP contribution in [-0.2, 0) is 17.9 Å². The van der Waals surface area contributed by atoms with Gasteiger partial charge in [0.2, 0.25) is 5.91 Å². The van der Waals surface area contributed by atoms with E-state index >= 15 is 0 Å². The Morgan fingerprint density at radius 3 is 2.48 bits per heavy atom. The predicted octanol–water partition coefficient (Wildman–Crippen LogP) is 2.19. The highest BCUT2D eigenvalue weighted by molar-refractivity contribution is 6.42. The lowest BCUT2D eigenvalue weighted by molar-refractivity contribution is -0.143. The van der Waals surface area contributed by atoms with Gasteiger partial charge in [0.15, 0.2) is 0 Å². The molecule has 1 aromatic carbocycles. The summed E-state index contributed by atoms with van der Waals surface area (Å²) < 4.78 is 37.5. The maximum absolute atomic E-state index is 12.3. The zero-order valence-corrected chi connectivity index (χ0v) is 14.2. The molecule has 1 heterocycles. The highest BCUT2D eigenvalue weighted by atomic mass is 35.5. The third-order valence-corrected chi connectivity index (χ3v) is 3.88. The van der Waals surface area contributed by atoms with Crippen LogP contribution in [0.15, 0.2) is 23.0 Å². The van der Waals surface area contributed by atoms with Crippen molar-refractivity contribution in [1.82, 2.24) is 25.1 Å². The molecule has 0 aliphatic rings. The molecule has 1 N–H and O–H groups in total. The van der Waals surface area contributed by atoms with Crippen LogP contribution in [0.25, 0.3) is 0 Å². The molecule has 0 fully saturated rings. The molecule has 2 aromatic rings. The number of hydrogen-bond acceptors (Lipinski definition) is 4. The third-order valence-electron chi connectivity index (χ3n) is 3.14. The summed E-state index contributed by atoms with van der Waals surface area (Å²) in [5.41, 5.74) is -0.467. The van der Waals surface area contributed by atoms with E-state index in [9.17, 15) is 22.8 Å². The summed E-state index contributed by atoms with van der Waals surface area (Å²) in [5.74, 6) is -0.625. The number of nitrogens with one attached hydrogen (secondary N) is 1. The first-order valence-corrected chi connectivity index (χ1v) is 7.64. The van der Waals surface area contributed by atoms with E-state index in [2.05, 4.69) is 15.7 Å². The maximum atomic E-state index is 12.3. The molecule has 0 saturated carbocycles. The summed E-state index contributed by atoms with van der Waals surface area (Å²) >= 11 is 11.7. The topological polar surface area (TPSA) is 81.8 Å². The smallest absolute Gasteiger partial charge is 0.348 e. The quantitative estimate of drug-likeness (QED) is 0.838. The van der Waals surface area contributed by atoms with Gasteiger partial charge in [0, 0.05) is 0 Å². The molecule has 0 bridgehead atoms. The highest BCUT2D eigenvalue weighted by Crippen LogP contribution is 2.25. The molecule has 1 atom stereocenters. The van der Waals surface area contributed by atoms with Crippen LogP contribution in [0.4, 0.5) is 13.2 Å². The fourth-order valence-electron chi connectivity index (χ4n) is 1.96. The van der Waals surface area contributed by atoms with E-state index in [0.717, 1.165) is 0 Å². The van der Waals surface area contributed by atoms with Gasteiger partial charge in [-0.05, 0) is 35.0 Å². The maximum Gasteiger partial charge on any atom is 0.408 e. The summed E-state index contributed by atoms with van der Waals surface area (Å²) in [6, 6.07) is 4.32. The van der Waals surface area contributed by atoms with Gasteiger partial charge >= 0.3 is 11.9 Å². The standard InChI is InChI=1S/C13H12Cl2F3N5O2/c1-7(8-2-3-9(14)10(15)4-8)19-11(24)5-22-12(25)23(21-20-22)6-13(16,17)18/h2-4,7H,5-6H2,1H3,(H,19,24)/t7-/m0/s1.